The molecule has 1 aliphatic carbocycles. The van der Waals surface area contributed by atoms with Crippen molar-refractivity contribution in [3.63, 3.8) is 0 Å². The SMILES string of the molecule is CCOC1CC(Nc2nc(N3CC(N4CCOCC4)C3)c3cnn(-c4cccc(C(F)(F)F)c4)c3n2)C1. The fourth-order valence-electron chi connectivity index (χ4n) is 5.24. The molecular weight excluding hydrogens is 487 g/mol. The maximum atomic E-state index is 13.4. The van der Waals surface area contributed by atoms with E-state index in [9.17, 15) is 13.2 Å². The Labute approximate surface area is 212 Å². The summed E-state index contributed by atoms with van der Waals surface area (Å²) in [5.41, 5.74) is 0.0476. The average molecular weight is 518 g/mol. The van der Waals surface area contributed by atoms with Crippen molar-refractivity contribution in [1.29, 1.82) is 0 Å². The standard InChI is InChI=1S/C25H30F3N7O2/c1-2-37-20-11-17(12-20)30-24-31-22(34-14-19(15-34)33-6-8-36-9-7-33)21-13-29-35(23(21)32-24)18-5-3-4-16(10-18)25(26,27)28/h3-5,10,13,17,19-20H,2,6-9,11-12,14-15H2,1H3,(H,30,31,32). The van der Waals surface area contributed by atoms with Crippen LogP contribution < -0.4 is 10.2 Å². The van der Waals surface area contributed by atoms with Gasteiger partial charge in [0.2, 0.25) is 5.95 Å². The molecule has 0 spiro atoms. The van der Waals surface area contributed by atoms with Crippen LogP contribution in [-0.2, 0) is 15.7 Å². The number of rotatable bonds is 7. The van der Waals surface area contributed by atoms with Crippen molar-refractivity contribution in [3.05, 3.63) is 36.0 Å². The summed E-state index contributed by atoms with van der Waals surface area (Å²) in [6.45, 7) is 7.62. The summed E-state index contributed by atoms with van der Waals surface area (Å²) in [5.74, 6) is 1.20. The number of halogens is 3. The third kappa shape index (κ3) is 4.85. The van der Waals surface area contributed by atoms with E-state index in [1.807, 2.05) is 6.92 Å². The predicted octanol–water partition coefficient (Wildman–Crippen LogP) is 3.33. The molecule has 1 aromatic carbocycles. The number of anilines is 2. The topological polar surface area (TPSA) is 80.6 Å². The second-order valence-corrected chi connectivity index (χ2v) is 9.81. The molecule has 198 valence electrons. The van der Waals surface area contributed by atoms with Crippen molar-refractivity contribution in [2.24, 2.45) is 0 Å². The van der Waals surface area contributed by atoms with Crippen LogP contribution in [0.1, 0.15) is 25.3 Å². The lowest BCUT2D eigenvalue weighted by atomic mass is 9.89. The smallest absolute Gasteiger partial charge is 0.379 e. The van der Waals surface area contributed by atoms with Crippen LogP contribution in [0.5, 0.6) is 0 Å². The molecule has 6 rings (SSSR count). The van der Waals surface area contributed by atoms with Crippen molar-refractivity contribution < 1.29 is 22.6 Å². The number of benzene rings is 1. The first-order chi connectivity index (χ1) is 17.9. The first kappa shape index (κ1) is 24.4. The summed E-state index contributed by atoms with van der Waals surface area (Å²) in [4.78, 5) is 14.2. The molecule has 9 nitrogen and oxygen atoms in total. The second kappa shape index (κ2) is 9.73. The lowest BCUT2D eigenvalue weighted by molar-refractivity contribution is -0.137. The molecule has 2 aliphatic heterocycles. The van der Waals surface area contributed by atoms with Gasteiger partial charge in [0.05, 0.1) is 42.2 Å². The Morgan fingerprint density at radius 1 is 1.14 bits per heavy atom. The summed E-state index contributed by atoms with van der Waals surface area (Å²) >= 11 is 0. The summed E-state index contributed by atoms with van der Waals surface area (Å²) in [7, 11) is 0. The van der Waals surface area contributed by atoms with Crippen molar-refractivity contribution in [2.75, 3.05) is 56.2 Å². The number of hydrogen-bond donors (Lipinski definition) is 1. The highest BCUT2D eigenvalue weighted by Crippen LogP contribution is 2.34. The minimum Gasteiger partial charge on any atom is -0.379 e. The van der Waals surface area contributed by atoms with Gasteiger partial charge < -0.3 is 19.7 Å². The van der Waals surface area contributed by atoms with E-state index < -0.39 is 11.7 Å². The van der Waals surface area contributed by atoms with Gasteiger partial charge in [-0.3, -0.25) is 4.90 Å². The molecule has 0 bridgehead atoms. The molecule has 0 amide bonds. The van der Waals surface area contributed by atoms with E-state index in [4.69, 9.17) is 19.4 Å². The van der Waals surface area contributed by atoms with E-state index >= 15 is 0 Å². The van der Waals surface area contributed by atoms with Gasteiger partial charge in [0.25, 0.3) is 0 Å². The van der Waals surface area contributed by atoms with Crippen molar-refractivity contribution >= 4 is 22.8 Å². The minimum atomic E-state index is -4.45. The van der Waals surface area contributed by atoms with E-state index in [1.165, 1.54) is 10.7 Å². The zero-order chi connectivity index (χ0) is 25.6. The lowest BCUT2D eigenvalue weighted by Crippen LogP contribution is -2.61. The van der Waals surface area contributed by atoms with Gasteiger partial charge in [0, 0.05) is 44.9 Å². The van der Waals surface area contributed by atoms with Crippen LogP contribution in [-0.4, -0.2) is 88.8 Å². The van der Waals surface area contributed by atoms with Crippen LogP contribution in [0.15, 0.2) is 30.5 Å². The summed E-state index contributed by atoms with van der Waals surface area (Å²) < 4.78 is 52.8. The third-order valence-electron chi connectivity index (χ3n) is 7.38. The number of alkyl halides is 3. The van der Waals surface area contributed by atoms with Gasteiger partial charge in [-0.2, -0.15) is 28.2 Å². The minimum absolute atomic E-state index is 0.185. The van der Waals surface area contributed by atoms with Crippen LogP contribution in [0.25, 0.3) is 16.7 Å². The highest BCUT2D eigenvalue weighted by Gasteiger charge is 2.36. The Balaban J connectivity index is 1.31. The van der Waals surface area contributed by atoms with Gasteiger partial charge in [-0.25, -0.2) is 4.68 Å². The van der Waals surface area contributed by atoms with E-state index in [1.54, 1.807) is 12.3 Å². The van der Waals surface area contributed by atoms with Gasteiger partial charge in [0.1, 0.15) is 5.82 Å². The lowest BCUT2D eigenvalue weighted by Gasteiger charge is -2.47. The molecule has 0 atom stereocenters. The van der Waals surface area contributed by atoms with Gasteiger partial charge in [0.15, 0.2) is 5.65 Å². The predicted molar refractivity (Wildman–Crippen MR) is 132 cm³/mol. The Kier molecular flexibility index (Phi) is 6.41. The summed E-state index contributed by atoms with van der Waals surface area (Å²) in [6, 6.07) is 5.74. The highest BCUT2D eigenvalue weighted by molar-refractivity contribution is 5.89. The number of hydrogen-bond acceptors (Lipinski definition) is 8. The zero-order valence-corrected chi connectivity index (χ0v) is 20.6. The molecule has 1 N–H and O–H groups in total. The molecule has 3 fully saturated rings. The van der Waals surface area contributed by atoms with Gasteiger partial charge in [-0.1, -0.05) is 6.07 Å². The average Bonchev–Trinajstić information content (AvgIpc) is 3.26. The molecular formula is C25H30F3N7O2. The zero-order valence-electron chi connectivity index (χ0n) is 20.6. The first-order valence-electron chi connectivity index (χ1n) is 12.8. The normalized spacial score (nSPS) is 23.2. The Morgan fingerprint density at radius 2 is 1.92 bits per heavy atom. The summed E-state index contributed by atoms with van der Waals surface area (Å²) in [6.07, 6.45) is -0.851. The fourth-order valence-corrected chi connectivity index (χ4v) is 5.24. The number of fused-ring (bicyclic) bond motifs is 1. The van der Waals surface area contributed by atoms with Gasteiger partial charge in [-0.05, 0) is 38.0 Å². The number of morpholine rings is 1. The molecule has 0 unspecified atom stereocenters. The highest BCUT2D eigenvalue weighted by atomic mass is 19.4. The van der Waals surface area contributed by atoms with Crippen LogP contribution in [0.4, 0.5) is 24.9 Å². The molecule has 1 saturated carbocycles. The van der Waals surface area contributed by atoms with Crippen LogP contribution in [0, 0.1) is 0 Å². The van der Waals surface area contributed by atoms with E-state index in [2.05, 4.69) is 20.2 Å². The molecule has 2 saturated heterocycles. The second-order valence-electron chi connectivity index (χ2n) is 9.81. The van der Waals surface area contributed by atoms with Gasteiger partial charge in [-0.15, -0.1) is 0 Å². The molecule has 3 aliphatic rings. The maximum Gasteiger partial charge on any atom is 0.416 e. The van der Waals surface area contributed by atoms with Crippen molar-refractivity contribution in [1.82, 2.24) is 24.6 Å². The van der Waals surface area contributed by atoms with Crippen LogP contribution in [0.3, 0.4) is 0 Å². The number of nitrogens with one attached hydrogen (secondary N) is 1. The Bertz CT molecular complexity index is 1250. The van der Waals surface area contributed by atoms with E-state index in [-0.39, 0.29) is 12.1 Å². The number of aromatic nitrogens is 4. The van der Waals surface area contributed by atoms with Crippen molar-refractivity contribution in [3.8, 4) is 5.69 Å². The molecule has 37 heavy (non-hydrogen) atoms. The quantitative estimate of drug-likeness (QED) is 0.511. The molecule has 0 radical (unpaired) electrons. The van der Waals surface area contributed by atoms with E-state index in [0.717, 1.165) is 70.2 Å². The third-order valence-corrected chi connectivity index (χ3v) is 7.38. The number of nitrogens with zero attached hydrogens (tertiary/aromatic N) is 6. The Morgan fingerprint density at radius 3 is 2.65 bits per heavy atom. The van der Waals surface area contributed by atoms with Crippen LogP contribution >= 0.6 is 0 Å². The largest absolute Gasteiger partial charge is 0.416 e. The van der Waals surface area contributed by atoms with Crippen molar-refractivity contribution in [2.45, 2.75) is 44.1 Å². The van der Waals surface area contributed by atoms with E-state index in [0.29, 0.717) is 35.3 Å². The number of ether oxygens (including phenoxy) is 2. The molecule has 4 heterocycles. The van der Waals surface area contributed by atoms with Gasteiger partial charge >= 0.3 is 6.18 Å². The monoisotopic (exact) mass is 517 g/mol. The fraction of sp³-hybridized carbons (Fsp3) is 0.560. The maximum absolute atomic E-state index is 13.4. The molecule has 2 aromatic heterocycles. The van der Waals surface area contributed by atoms with Crippen LogP contribution in [0.2, 0.25) is 0 Å². The molecule has 12 heteroatoms. The summed E-state index contributed by atoms with van der Waals surface area (Å²) in [5, 5.41) is 8.55. The Hall–Kier alpha value is -2.96. The molecule has 3 aromatic rings. The first-order valence-corrected chi connectivity index (χ1v) is 12.8.